The van der Waals surface area contributed by atoms with Crippen molar-refractivity contribution in [1.29, 1.82) is 0 Å². The van der Waals surface area contributed by atoms with Gasteiger partial charge in [-0.25, -0.2) is 0 Å². The van der Waals surface area contributed by atoms with E-state index in [2.05, 4.69) is 11.6 Å². The number of nitrogens with one attached hydrogen (secondary N) is 1. The molecule has 3 nitrogen and oxygen atoms in total. The fourth-order valence-electron chi connectivity index (χ4n) is 1.49. The van der Waals surface area contributed by atoms with E-state index in [0.29, 0.717) is 12.1 Å². The lowest BCUT2D eigenvalue weighted by molar-refractivity contribution is -0.120. The minimum absolute atomic E-state index is 0.0318. The zero-order chi connectivity index (χ0) is 12.5. The van der Waals surface area contributed by atoms with Gasteiger partial charge < -0.3 is 10.4 Å². The van der Waals surface area contributed by atoms with Crippen molar-refractivity contribution in [2.75, 3.05) is 18.6 Å². The van der Waals surface area contributed by atoms with Gasteiger partial charge in [0.05, 0.1) is 6.42 Å². The molecule has 0 fully saturated rings. The van der Waals surface area contributed by atoms with E-state index in [0.717, 1.165) is 18.6 Å². The van der Waals surface area contributed by atoms with Gasteiger partial charge >= 0.3 is 0 Å². The van der Waals surface area contributed by atoms with Crippen LogP contribution in [0.1, 0.15) is 18.4 Å². The third-order valence-electron chi connectivity index (χ3n) is 2.44. The number of rotatable bonds is 7. The van der Waals surface area contributed by atoms with Crippen molar-refractivity contribution in [3.63, 3.8) is 0 Å². The van der Waals surface area contributed by atoms with Gasteiger partial charge in [0, 0.05) is 12.1 Å². The molecule has 0 bridgehead atoms. The Morgan fingerprint density at radius 3 is 2.82 bits per heavy atom. The fourth-order valence-corrected chi connectivity index (χ4v) is 1.99. The SMILES string of the molecule is CSCCCCNC(=O)Cc1ccccc1O. The zero-order valence-electron chi connectivity index (χ0n) is 10.1. The Morgan fingerprint density at radius 2 is 2.12 bits per heavy atom. The predicted molar refractivity (Wildman–Crippen MR) is 72.4 cm³/mol. The van der Waals surface area contributed by atoms with E-state index < -0.39 is 0 Å². The Labute approximate surface area is 107 Å². The summed E-state index contributed by atoms with van der Waals surface area (Å²) in [5.41, 5.74) is 0.675. The highest BCUT2D eigenvalue weighted by atomic mass is 32.2. The maximum absolute atomic E-state index is 11.6. The summed E-state index contributed by atoms with van der Waals surface area (Å²) in [6, 6.07) is 6.93. The van der Waals surface area contributed by atoms with Crippen LogP contribution in [-0.4, -0.2) is 29.6 Å². The molecule has 0 aliphatic heterocycles. The molecule has 0 aliphatic carbocycles. The first-order chi connectivity index (χ1) is 8.24. The lowest BCUT2D eigenvalue weighted by atomic mass is 10.1. The minimum Gasteiger partial charge on any atom is -0.508 e. The number of carbonyl (C=O) groups excluding carboxylic acids is 1. The molecule has 0 radical (unpaired) electrons. The second kappa shape index (κ2) is 8.01. The van der Waals surface area contributed by atoms with Crippen LogP contribution in [0.25, 0.3) is 0 Å². The number of unbranched alkanes of at least 4 members (excludes halogenated alkanes) is 1. The summed E-state index contributed by atoms with van der Waals surface area (Å²) >= 11 is 1.82. The van der Waals surface area contributed by atoms with Gasteiger partial charge in [-0.1, -0.05) is 18.2 Å². The van der Waals surface area contributed by atoms with Gasteiger partial charge in [0.1, 0.15) is 5.75 Å². The number of phenols is 1. The molecule has 4 heteroatoms. The fraction of sp³-hybridized carbons (Fsp3) is 0.462. The Morgan fingerprint density at radius 1 is 1.35 bits per heavy atom. The first-order valence-corrected chi connectivity index (χ1v) is 7.16. The average Bonchev–Trinajstić information content (AvgIpc) is 2.32. The Hall–Kier alpha value is -1.16. The van der Waals surface area contributed by atoms with Crippen LogP contribution in [0.15, 0.2) is 24.3 Å². The molecule has 1 amide bonds. The van der Waals surface area contributed by atoms with Gasteiger partial charge in [0.25, 0.3) is 0 Å². The van der Waals surface area contributed by atoms with E-state index in [-0.39, 0.29) is 18.1 Å². The van der Waals surface area contributed by atoms with Crippen molar-refractivity contribution in [3.05, 3.63) is 29.8 Å². The maximum atomic E-state index is 11.6. The number of hydrogen-bond acceptors (Lipinski definition) is 3. The smallest absolute Gasteiger partial charge is 0.224 e. The Balaban J connectivity index is 2.23. The summed E-state index contributed by atoms with van der Waals surface area (Å²) in [7, 11) is 0. The van der Waals surface area contributed by atoms with Gasteiger partial charge in [0.2, 0.25) is 5.91 Å². The standard InChI is InChI=1S/C13H19NO2S/c1-17-9-5-4-8-14-13(16)10-11-6-2-3-7-12(11)15/h2-3,6-7,15H,4-5,8-10H2,1H3,(H,14,16). The number of amides is 1. The predicted octanol–water partition coefficient (Wildman–Crippen LogP) is 2.19. The molecule has 94 valence electrons. The number of phenolic OH excluding ortho intramolecular Hbond substituents is 1. The quantitative estimate of drug-likeness (QED) is 0.732. The van der Waals surface area contributed by atoms with Gasteiger partial charge in [-0.05, 0) is 30.9 Å². The molecule has 1 aromatic rings. The molecule has 0 heterocycles. The molecule has 17 heavy (non-hydrogen) atoms. The average molecular weight is 253 g/mol. The van der Waals surface area contributed by atoms with E-state index in [1.807, 2.05) is 17.8 Å². The monoisotopic (exact) mass is 253 g/mol. The normalized spacial score (nSPS) is 10.2. The second-order valence-corrected chi connectivity index (χ2v) is 4.84. The number of thioether (sulfide) groups is 1. The van der Waals surface area contributed by atoms with Crippen LogP contribution in [0.4, 0.5) is 0 Å². The topological polar surface area (TPSA) is 49.3 Å². The van der Waals surface area contributed by atoms with Gasteiger partial charge in [-0.2, -0.15) is 11.8 Å². The Kier molecular flexibility index (Phi) is 6.55. The Bertz CT molecular complexity index is 355. The molecule has 0 unspecified atom stereocenters. The van der Waals surface area contributed by atoms with Gasteiger partial charge in [-0.3, -0.25) is 4.79 Å². The summed E-state index contributed by atoms with van der Waals surface area (Å²) in [4.78, 5) is 11.6. The highest BCUT2D eigenvalue weighted by molar-refractivity contribution is 7.98. The van der Waals surface area contributed by atoms with E-state index in [9.17, 15) is 9.90 Å². The first-order valence-electron chi connectivity index (χ1n) is 5.76. The summed E-state index contributed by atoms with van der Waals surface area (Å²) < 4.78 is 0. The summed E-state index contributed by atoms with van der Waals surface area (Å²) in [6.45, 7) is 0.715. The highest BCUT2D eigenvalue weighted by Crippen LogP contribution is 2.15. The number of hydrogen-bond donors (Lipinski definition) is 2. The van der Waals surface area contributed by atoms with Crippen molar-refractivity contribution in [2.24, 2.45) is 0 Å². The van der Waals surface area contributed by atoms with Crippen molar-refractivity contribution >= 4 is 17.7 Å². The molecule has 0 aromatic heterocycles. The first kappa shape index (κ1) is 13.9. The van der Waals surface area contributed by atoms with Crippen molar-refractivity contribution in [3.8, 4) is 5.75 Å². The maximum Gasteiger partial charge on any atom is 0.224 e. The molecule has 1 rings (SSSR count). The van der Waals surface area contributed by atoms with Crippen molar-refractivity contribution in [1.82, 2.24) is 5.32 Å². The molecule has 0 saturated heterocycles. The minimum atomic E-state index is -0.0318. The zero-order valence-corrected chi connectivity index (χ0v) is 10.9. The molecular formula is C13H19NO2S. The number of para-hydroxylation sites is 1. The number of benzene rings is 1. The van der Waals surface area contributed by atoms with Crippen molar-refractivity contribution in [2.45, 2.75) is 19.3 Å². The van der Waals surface area contributed by atoms with Crippen LogP contribution in [0.3, 0.4) is 0 Å². The summed E-state index contributed by atoms with van der Waals surface area (Å²) in [6.07, 6.45) is 4.46. The van der Waals surface area contributed by atoms with Gasteiger partial charge in [0.15, 0.2) is 0 Å². The van der Waals surface area contributed by atoms with Crippen molar-refractivity contribution < 1.29 is 9.90 Å². The molecule has 0 atom stereocenters. The second-order valence-electron chi connectivity index (χ2n) is 3.86. The molecule has 2 N–H and O–H groups in total. The lowest BCUT2D eigenvalue weighted by Crippen LogP contribution is -2.26. The molecule has 0 aliphatic rings. The van der Waals surface area contributed by atoms with E-state index in [1.54, 1.807) is 18.2 Å². The van der Waals surface area contributed by atoms with E-state index in [1.165, 1.54) is 0 Å². The number of aromatic hydroxyl groups is 1. The third-order valence-corrected chi connectivity index (χ3v) is 3.14. The largest absolute Gasteiger partial charge is 0.508 e. The van der Waals surface area contributed by atoms with Gasteiger partial charge in [-0.15, -0.1) is 0 Å². The lowest BCUT2D eigenvalue weighted by Gasteiger charge is -2.06. The molecular weight excluding hydrogens is 234 g/mol. The summed E-state index contributed by atoms with van der Waals surface area (Å²) in [5.74, 6) is 1.29. The van der Waals surface area contributed by atoms with E-state index >= 15 is 0 Å². The van der Waals surface area contributed by atoms with Crippen LogP contribution >= 0.6 is 11.8 Å². The third kappa shape index (κ3) is 5.63. The molecule has 0 spiro atoms. The van der Waals surface area contributed by atoms with Crippen LogP contribution in [0, 0.1) is 0 Å². The summed E-state index contributed by atoms with van der Waals surface area (Å²) in [5, 5.41) is 12.4. The highest BCUT2D eigenvalue weighted by Gasteiger charge is 2.05. The van der Waals surface area contributed by atoms with Crippen LogP contribution in [-0.2, 0) is 11.2 Å². The molecule has 0 saturated carbocycles. The van der Waals surface area contributed by atoms with Crippen LogP contribution < -0.4 is 5.32 Å². The van der Waals surface area contributed by atoms with E-state index in [4.69, 9.17) is 0 Å². The molecule has 1 aromatic carbocycles. The number of carbonyl (C=O) groups is 1. The van der Waals surface area contributed by atoms with Crippen LogP contribution in [0.5, 0.6) is 5.75 Å². The van der Waals surface area contributed by atoms with Crippen LogP contribution in [0.2, 0.25) is 0 Å².